The van der Waals surface area contributed by atoms with Gasteiger partial charge in [0.25, 0.3) is 0 Å². The highest BCUT2D eigenvalue weighted by Crippen LogP contribution is 2.32. The quantitative estimate of drug-likeness (QED) is 0.601. The zero-order valence-electron chi connectivity index (χ0n) is 11.2. The van der Waals surface area contributed by atoms with Crippen molar-refractivity contribution < 1.29 is 8.78 Å². The predicted molar refractivity (Wildman–Crippen MR) is 82.3 cm³/mol. The molecule has 0 nitrogen and oxygen atoms in total. The summed E-state index contributed by atoms with van der Waals surface area (Å²) in [5.74, 6) is -1.25. The van der Waals surface area contributed by atoms with Gasteiger partial charge >= 0.3 is 0 Å². The van der Waals surface area contributed by atoms with Crippen molar-refractivity contribution in [1.29, 1.82) is 0 Å². The lowest BCUT2D eigenvalue weighted by molar-refractivity contribution is 0.549. The van der Waals surface area contributed by atoms with Crippen molar-refractivity contribution in [3.8, 4) is 0 Å². The molecule has 0 aliphatic heterocycles. The zero-order valence-corrected chi connectivity index (χ0v) is 13.5. The molecule has 106 valence electrons. The van der Waals surface area contributed by atoms with Gasteiger partial charge in [-0.25, -0.2) is 8.78 Å². The third-order valence-corrected chi connectivity index (χ3v) is 4.09. The minimum Gasteiger partial charge on any atom is -0.206 e. The molecular weight excluding hydrogens is 346 g/mol. The molecule has 0 bridgehead atoms. The maximum absolute atomic E-state index is 13.9. The van der Waals surface area contributed by atoms with Gasteiger partial charge in [0.15, 0.2) is 0 Å². The zero-order chi connectivity index (χ0) is 14.9. The highest BCUT2D eigenvalue weighted by Gasteiger charge is 2.20. The Balaban J connectivity index is 2.33. The first-order valence-corrected chi connectivity index (χ1v) is 7.46. The van der Waals surface area contributed by atoms with Crippen LogP contribution >= 0.6 is 27.5 Å². The minimum atomic E-state index is -0.733. The monoisotopic (exact) mass is 358 g/mol. The van der Waals surface area contributed by atoms with Gasteiger partial charge in [-0.3, -0.25) is 0 Å². The highest BCUT2D eigenvalue weighted by molar-refractivity contribution is 9.10. The van der Waals surface area contributed by atoms with E-state index in [1.54, 1.807) is 0 Å². The molecule has 0 spiro atoms. The Morgan fingerprint density at radius 2 is 1.70 bits per heavy atom. The molecule has 2 rings (SSSR count). The van der Waals surface area contributed by atoms with Crippen LogP contribution in [0.1, 0.15) is 27.6 Å². The van der Waals surface area contributed by atoms with Crippen molar-refractivity contribution >= 4 is 27.5 Å². The van der Waals surface area contributed by atoms with Gasteiger partial charge in [-0.1, -0.05) is 39.7 Å². The number of halogens is 4. The van der Waals surface area contributed by atoms with Crippen LogP contribution in [0, 0.1) is 25.5 Å². The summed E-state index contributed by atoms with van der Waals surface area (Å²) >= 11 is 9.29. The molecule has 0 amide bonds. The van der Waals surface area contributed by atoms with E-state index in [1.807, 2.05) is 32.0 Å². The fraction of sp³-hybridized carbons (Fsp3) is 0.250. The van der Waals surface area contributed by atoms with Crippen molar-refractivity contribution in [2.24, 2.45) is 0 Å². The van der Waals surface area contributed by atoms with Crippen molar-refractivity contribution in [2.45, 2.75) is 25.6 Å². The molecule has 2 aromatic rings. The van der Waals surface area contributed by atoms with E-state index >= 15 is 0 Å². The van der Waals surface area contributed by atoms with Crippen LogP contribution in [0.2, 0.25) is 0 Å². The lowest BCUT2D eigenvalue weighted by Crippen LogP contribution is -2.04. The Morgan fingerprint density at radius 3 is 2.30 bits per heavy atom. The van der Waals surface area contributed by atoms with E-state index in [-0.39, 0.29) is 5.56 Å². The Labute approximate surface area is 130 Å². The van der Waals surface area contributed by atoms with Crippen molar-refractivity contribution in [2.75, 3.05) is 0 Å². The van der Waals surface area contributed by atoms with Gasteiger partial charge < -0.3 is 0 Å². The van der Waals surface area contributed by atoms with Crippen LogP contribution in [0.4, 0.5) is 8.78 Å². The number of benzene rings is 2. The number of alkyl halides is 1. The molecular formula is C16H14BrClF2. The van der Waals surface area contributed by atoms with Crippen LogP contribution < -0.4 is 0 Å². The molecule has 0 heterocycles. The average molecular weight is 360 g/mol. The molecule has 0 radical (unpaired) electrons. The second-order valence-corrected chi connectivity index (χ2v) is 6.33. The summed E-state index contributed by atoms with van der Waals surface area (Å²) in [6.07, 6.45) is 0.393. The molecule has 0 aliphatic rings. The average Bonchev–Trinajstić information content (AvgIpc) is 2.32. The van der Waals surface area contributed by atoms with Crippen LogP contribution in [0.25, 0.3) is 0 Å². The summed E-state index contributed by atoms with van der Waals surface area (Å²) in [4.78, 5) is 0. The van der Waals surface area contributed by atoms with E-state index in [4.69, 9.17) is 11.6 Å². The summed E-state index contributed by atoms with van der Waals surface area (Å²) < 4.78 is 28.1. The third kappa shape index (κ3) is 3.39. The molecule has 2 aromatic carbocycles. The molecule has 0 saturated heterocycles. The summed E-state index contributed by atoms with van der Waals surface area (Å²) in [7, 11) is 0. The van der Waals surface area contributed by atoms with Crippen LogP contribution in [-0.2, 0) is 6.42 Å². The molecule has 0 aliphatic carbocycles. The fourth-order valence-electron chi connectivity index (χ4n) is 2.17. The van der Waals surface area contributed by atoms with Crippen LogP contribution in [-0.4, -0.2) is 0 Å². The minimum absolute atomic E-state index is 0.0734. The standard InChI is InChI=1S/C16H14BrClF2/c1-9-3-4-10(2)11(5-9)6-13(18)16-14(19)7-12(17)8-15(16)20/h3-5,7-8,13H,6H2,1-2H3. The molecule has 0 fully saturated rings. The van der Waals surface area contributed by atoms with E-state index < -0.39 is 17.0 Å². The van der Waals surface area contributed by atoms with Gasteiger partial charge in [-0.15, -0.1) is 11.6 Å². The number of rotatable bonds is 3. The van der Waals surface area contributed by atoms with Crippen LogP contribution in [0.15, 0.2) is 34.8 Å². The smallest absolute Gasteiger partial charge is 0.131 e. The fourth-order valence-corrected chi connectivity index (χ4v) is 2.94. The second-order valence-electron chi connectivity index (χ2n) is 4.88. The highest BCUT2D eigenvalue weighted by atomic mass is 79.9. The Kier molecular flexibility index (Phi) is 4.82. The Hall–Kier alpha value is -0.930. The van der Waals surface area contributed by atoms with Crippen LogP contribution in [0.3, 0.4) is 0 Å². The second kappa shape index (κ2) is 6.23. The van der Waals surface area contributed by atoms with Gasteiger partial charge in [0, 0.05) is 10.0 Å². The normalized spacial score (nSPS) is 12.5. The van der Waals surface area contributed by atoms with Gasteiger partial charge in [-0.05, 0) is 43.5 Å². The van der Waals surface area contributed by atoms with Crippen molar-refractivity contribution in [3.05, 3.63) is 68.7 Å². The number of hydrogen-bond acceptors (Lipinski definition) is 0. The molecule has 0 saturated carbocycles. The first kappa shape index (κ1) is 15.5. The SMILES string of the molecule is Cc1ccc(C)c(CC(Cl)c2c(F)cc(Br)cc2F)c1. The number of aryl methyl sites for hydroxylation is 2. The summed E-state index contributed by atoms with van der Waals surface area (Å²) in [6, 6.07) is 8.46. The van der Waals surface area contributed by atoms with Crippen molar-refractivity contribution in [1.82, 2.24) is 0 Å². The molecule has 1 unspecified atom stereocenters. The summed E-state index contributed by atoms with van der Waals surface area (Å²) in [6.45, 7) is 3.94. The van der Waals surface area contributed by atoms with E-state index in [2.05, 4.69) is 15.9 Å². The molecule has 20 heavy (non-hydrogen) atoms. The van der Waals surface area contributed by atoms with E-state index in [9.17, 15) is 8.78 Å². The van der Waals surface area contributed by atoms with Crippen molar-refractivity contribution in [3.63, 3.8) is 0 Å². The van der Waals surface area contributed by atoms with E-state index in [1.165, 1.54) is 12.1 Å². The Morgan fingerprint density at radius 1 is 1.10 bits per heavy atom. The predicted octanol–water partition coefficient (Wildman–Crippen LogP) is 5.87. The third-order valence-electron chi connectivity index (χ3n) is 3.26. The van der Waals surface area contributed by atoms with Crippen LogP contribution in [0.5, 0.6) is 0 Å². The molecule has 0 aromatic heterocycles. The van der Waals surface area contributed by atoms with Gasteiger partial charge in [0.05, 0.1) is 5.38 Å². The first-order valence-electron chi connectivity index (χ1n) is 6.23. The topological polar surface area (TPSA) is 0 Å². The molecule has 4 heteroatoms. The van der Waals surface area contributed by atoms with Gasteiger partial charge in [0.2, 0.25) is 0 Å². The molecule has 1 atom stereocenters. The first-order chi connectivity index (χ1) is 9.38. The maximum atomic E-state index is 13.9. The Bertz CT molecular complexity index is 617. The lowest BCUT2D eigenvalue weighted by atomic mass is 9.98. The summed E-state index contributed by atoms with van der Waals surface area (Å²) in [5, 5.41) is -0.733. The largest absolute Gasteiger partial charge is 0.206 e. The van der Waals surface area contributed by atoms with E-state index in [0.29, 0.717) is 10.9 Å². The maximum Gasteiger partial charge on any atom is 0.131 e. The van der Waals surface area contributed by atoms with Gasteiger partial charge in [0.1, 0.15) is 11.6 Å². The summed E-state index contributed by atoms with van der Waals surface area (Å²) in [5.41, 5.74) is 3.10. The van der Waals surface area contributed by atoms with E-state index in [0.717, 1.165) is 16.7 Å². The van der Waals surface area contributed by atoms with Gasteiger partial charge in [-0.2, -0.15) is 0 Å². The lowest BCUT2D eigenvalue weighted by Gasteiger charge is -2.14. The molecule has 0 N–H and O–H groups in total. The number of hydrogen-bond donors (Lipinski definition) is 0.